The third-order valence-electron chi connectivity index (χ3n) is 4.61. The number of rotatable bonds is 5. The highest BCUT2D eigenvalue weighted by atomic mass is 16.5. The molecular weight excluding hydrogens is 292 g/mol. The molecule has 1 N–H and O–H groups in total. The summed E-state index contributed by atoms with van der Waals surface area (Å²) in [6, 6.07) is 2.02. The molecule has 1 aromatic heterocycles. The van der Waals surface area contributed by atoms with Crippen molar-refractivity contribution in [1.82, 2.24) is 25.2 Å². The third-order valence-corrected chi connectivity index (χ3v) is 4.61. The molecule has 0 saturated carbocycles. The Morgan fingerprint density at radius 1 is 1.22 bits per heavy atom. The van der Waals surface area contributed by atoms with Crippen LogP contribution in [0.5, 0.6) is 0 Å². The summed E-state index contributed by atoms with van der Waals surface area (Å²) in [7, 11) is 1.87. The number of nitrogens with zero attached hydrogens (tertiary/aromatic N) is 5. The molecule has 0 spiro atoms. The summed E-state index contributed by atoms with van der Waals surface area (Å²) in [6.07, 6.45) is 1.35. The molecule has 23 heavy (non-hydrogen) atoms. The number of aryl methyl sites for hydroxylation is 1. The van der Waals surface area contributed by atoms with Crippen molar-refractivity contribution in [3.8, 4) is 0 Å². The number of nitrogens with one attached hydrogen (secondary N) is 1. The second kappa shape index (κ2) is 7.79. The van der Waals surface area contributed by atoms with E-state index in [1.807, 2.05) is 20.0 Å². The van der Waals surface area contributed by atoms with Gasteiger partial charge in [0.15, 0.2) is 5.96 Å². The highest BCUT2D eigenvalue weighted by molar-refractivity contribution is 5.80. The minimum absolute atomic E-state index is 0.867. The van der Waals surface area contributed by atoms with Crippen molar-refractivity contribution in [3.05, 3.63) is 17.5 Å². The lowest BCUT2D eigenvalue weighted by Crippen LogP contribution is -2.53. The Morgan fingerprint density at radius 2 is 2.00 bits per heavy atom. The molecule has 1 aromatic rings. The zero-order valence-electron chi connectivity index (χ0n) is 14.3. The van der Waals surface area contributed by atoms with Crippen LogP contribution in [-0.4, -0.2) is 85.2 Å². The molecule has 128 valence electrons. The van der Waals surface area contributed by atoms with Crippen LogP contribution < -0.4 is 5.32 Å². The van der Waals surface area contributed by atoms with Gasteiger partial charge < -0.3 is 19.6 Å². The van der Waals surface area contributed by atoms with Crippen LogP contribution >= 0.6 is 0 Å². The van der Waals surface area contributed by atoms with Gasteiger partial charge in [-0.15, -0.1) is 0 Å². The van der Waals surface area contributed by atoms with Gasteiger partial charge in [0.2, 0.25) is 0 Å². The van der Waals surface area contributed by atoms with Gasteiger partial charge in [-0.2, -0.15) is 0 Å². The van der Waals surface area contributed by atoms with Crippen LogP contribution in [0.2, 0.25) is 0 Å². The summed E-state index contributed by atoms with van der Waals surface area (Å²) >= 11 is 0. The molecule has 2 fully saturated rings. The highest BCUT2D eigenvalue weighted by Gasteiger charge is 2.20. The molecule has 0 unspecified atom stereocenters. The second-order valence-electron chi connectivity index (χ2n) is 6.36. The maximum atomic E-state index is 5.14. The molecule has 2 aliphatic heterocycles. The Hall–Kier alpha value is -1.60. The Kier molecular flexibility index (Phi) is 5.51. The fourth-order valence-corrected chi connectivity index (χ4v) is 3.10. The Labute approximate surface area is 138 Å². The summed E-state index contributed by atoms with van der Waals surface area (Å²) < 4.78 is 5.14. The van der Waals surface area contributed by atoms with E-state index in [0.717, 1.165) is 63.2 Å². The van der Waals surface area contributed by atoms with Gasteiger partial charge in [0, 0.05) is 58.9 Å². The molecule has 0 aliphatic carbocycles. The molecule has 7 nitrogen and oxygen atoms in total. The fourth-order valence-electron chi connectivity index (χ4n) is 3.10. The summed E-state index contributed by atoms with van der Waals surface area (Å²) in [5.41, 5.74) is 1.02. The van der Waals surface area contributed by atoms with Crippen LogP contribution in [0.1, 0.15) is 17.9 Å². The number of hydrogen-bond donors (Lipinski definition) is 1. The van der Waals surface area contributed by atoms with Gasteiger partial charge in [0.1, 0.15) is 5.76 Å². The third kappa shape index (κ3) is 4.45. The van der Waals surface area contributed by atoms with Crippen LogP contribution in [0.15, 0.2) is 15.6 Å². The summed E-state index contributed by atoms with van der Waals surface area (Å²) in [4.78, 5) is 11.7. The van der Waals surface area contributed by atoms with Crippen molar-refractivity contribution >= 4 is 5.96 Å². The Balaban J connectivity index is 1.39. The van der Waals surface area contributed by atoms with Crippen molar-refractivity contribution in [2.75, 3.05) is 59.4 Å². The summed E-state index contributed by atoms with van der Waals surface area (Å²) in [5, 5.41) is 7.57. The van der Waals surface area contributed by atoms with Gasteiger partial charge in [-0.25, -0.2) is 0 Å². The first-order valence-corrected chi connectivity index (χ1v) is 8.57. The van der Waals surface area contributed by atoms with Crippen molar-refractivity contribution < 1.29 is 4.52 Å². The molecule has 0 amide bonds. The van der Waals surface area contributed by atoms with Gasteiger partial charge >= 0.3 is 0 Å². The van der Waals surface area contributed by atoms with Crippen LogP contribution in [-0.2, 0) is 6.54 Å². The van der Waals surface area contributed by atoms with Gasteiger partial charge in [0.25, 0.3) is 0 Å². The van der Waals surface area contributed by atoms with E-state index >= 15 is 0 Å². The molecule has 3 rings (SSSR count). The molecule has 0 aromatic carbocycles. The van der Waals surface area contributed by atoms with Gasteiger partial charge in [-0.1, -0.05) is 5.16 Å². The number of piperazine rings is 1. The Morgan fingerprint density at radius 3 is 2.57 bits per heavy atom. The topological polar surface area (TPSA) is 60.1 Å². The van der Waals surface area contributed by atoms with Gasteiger partial charge in [-0.3, -0.25) is 9.89 Å². The average Bonchev–Trinajstić information content (AvgIpc) is 2.92. The molecule has 3 heterocycles. The first-order chi connectivity index (χ1) is 11.2. The number of guanidine groups is 1. The first-order valence-electron chi connectivity index (χ1n) is 8.57. The Bertz CT molecular complexity index is 516. The van der Waals surface area contributed by atoms with E-state index < -0.39 is 0 Å². The van der Waals surface area contributed by atoms with E-state index in [0.29, 0.717) is 0 Å². The number of aliphatic imine (C=N–C) groups is 1. The zero-order valence-corrected chi connectivity index (χ0v) is 14.3. The predicted molar refractivity (Wildman–Crippen MR) is 90.5 cm³/mol. The SMILES string of the molecule is CN=C(NCCN1CCC1)N1CCN(Cc2cc(C)on2)CC1. The minimum Gasteiger partial charge on any atom is -0.361 e. The van der Waals surface area contributed by atoms with Gasteiger partial charge in [0.05, 0.1) is 5.69 Å². The zero-order chi connectivity index (χ0) is 16.1. The molecule has 2 aliphatic rings. The van der Waals surface area contributed by atoms with Crippen LogP contribution in [0.25, 0.3) is 0 Å². The lowest BCUT2D eigenvalue weighted by Gasteiger charge is -2.36. The maximum Gasteiger partial charge on any atom is 0.193 e. The van der Waals surface area contributed by atoms with E-state index in [4.69, 9.17) is 4.52 Å². The van der Waals surface area contributed by atoms with E-state index in [-0.39, 0.29) is 0 Å². The molecule has 0 bridgehead atoms. The quantitative estimate of drug-likeness (QED) is 0.625. The molecule has 2 saturated heterocycles. The van der Waals surface area contributed by atoms with Crippen molar-refractivity contribution in [3.63, 3.8) is 0 Å². The largest absolute Gasteiger partial charge is 0.361 e. The van der Waals surface area contributed by atoms with Gasteiger partial charge in [-0.05, 0) is 26.4 Å². The number of likely N-dealkylation sites (tertiary alicyclic amines) is 1. The van der Waals surface area contributed by atoms with Crippen LogP contribution in [0.4, 0.5) is 0 Å². The van der Waals surface area contributed by atoms with E-state index in [1.54, 1.807) is 0 Å². The smallest absolute Gasteiger partial charge is 0.193 e. The molecule has 0 atom stereocenters. The lowest BCUT2D eigenvalue weighted by atomic mass is 10.2. The van der Waals surface area contributed by atoms with Crippen molar-refractivity contribution in [1.29, 1.82) is 0 Å². The van der Waals surface area contributed by atoms with E-state index in [2.05, 4.69) is 30.2 Å². The predicted octanol–water partition coefficient (Wildman–Crippen LogP) is 0.382. The second-order valence-corrected chi connectivity index (χ2v) is 6.36. The van der Waals surface area contributed by atoms with E-state index in [9.17, 15) is 0 Å². The maximum absolute atomic E-state index is 5.14. The highest BCUT2D eigenvalue weighted by Crippen LogP contribution is 2.09. The fraction of sp³-hybridized carbons (Fsp3) is 0.750. The van der Waals surface area contributed by atoms with Crippen LogP contribution in [0.3, 0.4) is 0 Å². The number of aromatic nitrogens is 1. The summed E-state index contributed by atoms with van der Waals surface area (Å²) in [5.74, 6) is 1.91. The van der Waals surface area contributed by atoms with Crippen molar-refractivity contribution in [2.24, 2.45) is 4.99 Å². The summed E-state index contributed by atoms with van der Waals surface area (Å²) in [6.45, 7) is 11.4. The molecular formula is C16H28N6O. The normalized spacial score (nSPS) is 20.6. The standard InChI is InChI=1S/C16H28N6O/c1-14-12-15(19-23-14)13-21-8-10-22(11-9-21)16(17-2)18-4-7-20-5-3-6-20/h12H,3-11,13H2,1-2H3,(H,17,18). The van der Waals surface area contributed by atoms with Crippen LogP contribution in [0, 0.1) is 6.92 Å². The number of hydrogen-bond acceptors (Lipinski definition) is 5. The average molecular weight is 320 g/mol. The minimum atomic E-state index is 0.867. The molecule has 0 radical (unpaired) electrons. The monoisotopic (exact) mass is 320 g/mol. The molecule has 7 heteroatoms. The van der Waals surface area contributed by atoms with E-state index in [1.165, 1.54) is 19.5 Å². The van der Waals surface area contributed by atoms with Crippen molar-refractivity contribution in [2.45, 2.75) is 19.9 Å². The first kappa shape index (κ1) is 16.3. The lowest BCUT2D eigenvalue weighted by molar-refractivity contribution is 0.166.